The Kier molecular flexibility index (Phi) is 4.95. The standard InChI is InChI=1S/C20H18F3N3S/c21-20(22,23)17-9-5-4-8-16(17)13-27-19-25-24-18(15-10-11-15)26(19)12-14-6-2-1-3-7-14/h1-9,15H,10-13H2. The molecule has 27 heavy (non-hydrogen) atoms. The molecule has 1 aromatic heterocycles. The third kappa shape index (κ3) is 4.18. The van der Waals surface area contributed by atoms with E-state index in [1.165, 1.54) is 23.9 Å². The predicted octanol–water partition coefficient (Wildman–Crippen LogP) is 5.51. The molecular weight excluding hydrogens is 371 g/mol. The molecule has 0 aliphatic heterocycles. The van der Waals surface area contributed by atoms with E-state index in [0.29, 0.717) is 17.6 Å². The molecule has 1 heterocycles. The van der Waals surface area contributed by atoms with Gasteiger partial charge in [-0.25, -0.2) is 0 Å². The second-order valence-electron chi connectivity index (χ2n) is 6.63. The van der Waals surface area contributed by atoms with Crippen LogP contribution in [0, 0.1) is 0 Å². The van der Waals surface area contributed by atoms with Gasteiger partial charge in [0.05, 0.1) is 12.1 Å². The first-order chi connectivity index (χ1) is 13.0. The SMILES string of the molecule is FC(F)(F)c1ccccc1CSc1nnc(C2CC2)n1Cc1ccccc1. The number of halogens is 3. The number of benzene rings is 2. The van der Waals surface area contributed by atoms with Gasteiger partial charge >= 0.3 is 6.18 Å². The minimum Gasteiger partial charge on any atom is -0.301 e. The summed E-state index contributed by atoms with van der Waals surface area (Å²) < 4.78 is 41.7. The molecule has 0 spiro atoms. The molecule has 2 aromatic carbocycles. The first-order valence-corrected chi connectivity index (χ1v) is 9.76. The lowest BCUT2D eigenvalue weighted by Gasteiger charge is -2.13. The fourth-order valence-electron chi connectivity index (χ4n) is 3.03. The zero-order valence-electron chi connectivity index (χ0n) is 14.5. The molecule has 7 heteroatoms. The van der Waals surface area contributed by atoms with Crippen molar-refractivity contribution >= 4 is 11.8 Å². The highest BCUT2D eigenvalue weighted by molar-refractivity contribution is 7.98. The van der Waals surface area contributed by atoms with Gasteiger partial charge in [-0.3, -0.25) is 0 Å². The molecule has 0 atom stereocenters. The molecule has 1 aliphatic carbocycles. The highest BCUT2D eigenvalue weighted by Gasteiger charge is 2.33. The Morgan fingerprint density at radius 1 is 0.963 bits per heavy atom. The first kappa shape index (κ1) is 18.1. The molecule has 1 aliphatic rings. The Morgan fingerprint density at radius 3 is 2.37 bits per heavy atom. The summed E-state index contributed by atoms with van der Waals surface area (Å²) in [7, 11) is 0. The van der Waals surface area contributed by atoms with E-state index in [1.54, 1.807) is 6.07 Å². The maximum Gasteiger partial charge on any atom is 0.416 e. The van der Waals surface area contributed by atoms with Crippen LogP contribution in [0.5, 0.6) is 0 Å². The summed E-state index contributed by atoms with van der Waals surface area (Å²) >= 11 is 1.31. The van der Waals surface area contributed by atoms with Gasteiger partial charge in [0.2, 0.25) is 0 Å². The smallest absolute Gasteiger partial charge is 0.301 e. The van der Waals surface area contributed by atoms with Crippen LogP contribution in [0.15, 0.2) is 59.8 Å². The normalized spacial score (nSPS) is 14.5. The second kappa shape index (κ2) is 7.38. The maximum absolute atomic E-state index is 13.2. The van der Waals surface area contributed by atoms with Gasteiger partial charge in [0.1, 0.15) is 5.82 Å². The molecule has 3 aromatic rings. The lowest BCUT2D eigenvalue weighted by atomic mass is 10.1. The van der Waals surface area contributed by atoms with Gasteiger partial charge in [0.15, 0.2) is 5.16 Å². The van der Waals surface area contributed by atoms with Gasteiger partial charge in [0, 0.05) is 11.7 Å². The lowest BCUT2D eigenvalue weighted by Crippen LogP contribution is -2.09. The summed E-state index contributed by atoms with van der Waals surface area (Å²) in [5, 5.41) is 9.27. The van der Waals surface area contributed by atoms with Crippen LogP contribution in [0.2, 0.25) is 0 Å². The van der Waals surface area contributed by atoms with Crippen molar-refractivity contribution in [1.29, 1.82) is 0 Å². The zero-order chi connectivity index (χ0) is 18.9. The Labute approximate surface area is 159 Å². The van der Waals surface area contributed by atoms with E-state index < -0.39 is 11.7 Å². The Balaban J connectivity index is 1.58. The van der Waals surface area contributed by atoms with E-state index in [9.17, 15) is 13.2 Å². The van der Waals surface area contributed by atoms with Gasteiger partial charge in [-0.05, 0) is 30.0 Å². The number of rotatable bonds is 6. The molecule has 0 radical (unpaired) electrons. The quantitative estimate of drug-likeness (QED) is 0.521. The molecule has 1 fully saturated rings. The van der Waals surface area contributed by atoms with Crippen molar-refractivity contribution in [2.75, 3.05) is 0 Å². The van der Waals surface area contributed by atoms with Gasteiger partial charge in [-0.15, -0.1) is 10.2 Å². The van der Waals surface area contributed by atoms with Crippen molar-refractivity contribution in [3.63, 3.8) is 0 Å². The highest BCUT2D eigenvalue weighted by atomic mass is 32.2. The molecule has 0 unspecified atom stereocenters. The fraction of sp³-hybridized carbons (Fsp3) is 0.300. The number of hydrogen-bond donors (Lipinski definition) is 0. The number of thioether (sulfide) groups is 1. The Hall–Kier alpha value is -2.28. The van der Waals surface area contributed by atoms with Crippen molar-refractivity contribution in [3.05, 3.63) is 77.1 Å². The molecule has 0 bridgehead atoms. The van der Waals surface area contributed by atoms with Crippen molar-refractivity contribution < 1.29 is 13.2 Å². The third-order valence-corrected chi connectivity index (χ3v) is 5.57. The van der Waals surface area contributed by atoms with Crippen LogP contribution in [0.25, 0.3) is 0 Å². The molecule has 0 N–H and O–H groups in total. The van der Waals surface area contributed by atoms with Crippen molar-refractivity contribution in [3.8, 4) is 0 Å². The largest absolute Gasteiger partial charge is 0.416 e. The van der Waals surface area contributed by atoms with Crippen molar-refractivity contribution in [2.45, 2.75) is 42.4 Å². The maximum atomic E-state index is 13.2. The van der Waals surface area contributed by atoms with Gasteiger partial charge < -0.3 is 4.57 Å². The van der Waals surface area contributed by atoms with Gasteiger partial charge in [-0.2, -0.15) is 13.2 Å². The molecular formula is C20H18F3N3S. The number of nitrogens with zero attached hydrogens (tertiary/aromatic N) is 3. The summed E-state index contributed by atoms with van der Waals surface area (Å²) in [5.74, 6) is 1.55. The van der Waals surface area contributed by atoms with Crippen LogP contribution in [-0.2, 0) is 18.5 Å². The van der Waals surface area contributed by atoms with E-state index in [2.05, 4.69) is 10.2 Å². The molecule has 140 valence electrons. The number of hydrogen-bond acceptors (Lipinski definition) is 3. The molecule has 4 rings (SSSR count). The second-order valence-corrected chi connectivity index (χ2v) is 7.57. The van der Waals surface area contributed by atoms with Crippen LogP contribution in [0.1, 0.15) is 41.3 Å². The van der Waals surface area contributed by atoms with Crippen LogP contribution in [0.4, 0.5) is 13.2 Å². The monoisotopic (exact) mass is 389 g/mol. The van der Waals surface area contributed by atoms with Crippen molar-refractivity contribution in [2.24, 2.45) is 0 Å². The highest BCUT2D eigenvalue weighted by Crippen LogP contribution is 2.41. The summed E-state index contributed by atoms with van der Waals surface area (Å²) in [4.78, 5) is 0. The Bertz CT molecular complexity index is 918. The van der Waals surface area contributed by atoms with Crippen LogP contribution in [0.3, 0.4) is 0 Å². The molecule has 1 saturated carbocycles. The van der Waals surface area contributed by atoms with E-state index in [1.807, 2.05) is 34.9 Å². The Morgan fingerprint density at radius 2 is 1.67 bits per heavy atom. The zero-order valence-corrected chi connectivity index (χ0v) is 15.3. The van der Waals surface area contributed by atoms with Crippen molar-refractivity contribution in [1.82, 2.24) is 14.8 Å². The van der Waals surface area contributed by atoms with Crippen LogP contribution in [-0.4, -0.2) is 14.8 Å². The van der Waals surface area contributed by atoms with E-state index in [4.69, 9.17) is 0 Å². The summed E-state index contributed by atoms with van der Waals surface area (Å²) in [6.45, 7) is 0.628. The molecule has 3 nitrogen and oxygen atoms in total. The average molecular weight is 389 g/mol. The first-order valence-electron chi connectivity index (χ1n) is 8.77. The fourth-order valence-corrected chi connectivity index (χ4v) is 3.98. The average Bonchev–Trinajstić information content (AvgIpc) is 3.42. The van der Waals surface area contributed by atoms with Gasteiger partial charge in [-0.1, -0.05) is 60.3 Å². The summed E-state index contributed by atoms with van der Waals surface area (Å²) in [6, 6.07) is 15.7. The van der Waals surface area contributed by atoms with Crippen LogP contribution >= 0.6 is 11.8 Å². The predicted molar refractivity (Wildman–Crippen MR) is 98.5 cm³/mol. The number of alkyl halides is 3. The molecule has 0 amide bonds. The number of aromatic nitrogens is 3. The van der Waals surface area contributed by atoms with E-state index >= 15 is 0 Å². The third-order valence-electron chi connectivity index (χ3n) is 4.55. The topological polar surface area (TPSA) is 30.7 Å². The minimum absolute atomic E-state index is 0.202. The summed E-state index contributed by atoms with van der Waals surface area (Å²) in [5.41, 5.74) is 0.794. The van der Waals surface area contributed by atoms with E-state index in [-0.39, 0.29) is 11.3 Å². The minimum atomic E-state index is -4.35. The van der Waals surface area contributed by atoms with Crippen LogP contribution < -0.4 is 0 Å². The van der Waals surface area contributed by atoms with E-state index in [0.717, 1.165) is 30.3 Å². The van der Waals surface area contributed by atoms with Gasteiger partial charge in [0.25, 0.3) is 0 Å². The molecule has 0 saturated heterocycles. The summed E-state index contributed by atoms with van der Waals surface area (Å²) in [6.07, 6.45) is -2.17. The lowest BCUT2D eigenvalue weighted by molar-refractivity contribution is -0.138.